The molecule has 0 fully saturated rings. The number of aliphatic hydroxyl groups excluding tert-OH is 1. The average Bonchev–Trinajstić information content (AvgIpc) is 2.10. The van der Waals surface area contributed by atoms with Gasteiger partial charge < -0.3 is 9.84 Å². The van der Waals surface area contributed by atoms with Crippen LogP contribution in [0.25, 0.3) is 0 Å². The molecule has 0 amide bonds. The second-order valence-corrected chi connectivity index (χ2v) is 3.25. The Balaban J connectivity index is 2.90. The van der Waals surface area contributed by atoms with E-state index in [-0.39, 0.29) is 0 Å². The topological polar surface area (TPSA) is 29.5 Å². The summed E-state index contributed by atoms with van der Waals surface area (Å²) < 4.78 is 4.73. The first kappa shape index (κ1) is 11.9. The molecule has 0 radical (unpaired) electrons. The van der Waals surface area contributed by atoms with Crippen molar-refractivity contribution in [3.8, 4) is 0 Å². The number of ether oxygens (including phenoxy) is 1. The monoisotopic (exact) mass is 174 g/mol. The maximum atomic E-state index is 9.04. The quantitative estimate of drug-likeness (QED) is 0.453. The Bertz CT molecular complexity index is 83.9. The van der Waals surface area contributed by atoms with Gasteiger partial charge in [0, 0.05) is 7.11 Å². The smallest absolute Gasteiger partial charge is 0.154 e. The van der Waals surface area contributed by atoms with Crippen molar-refractivity contribution in [1.29, 1.82) is 0 Å². The second kappa shape index (κ2) is 9.01. The molecule has 0 aliphatic carbocycles. The third-order valence-electron chi connectivity index (χ3n) is 2.08. The minimum absolute atomic E-state index is 0.545. The first-order valence-electron chi connectivity index (χ1n) is 5.02. The fourth-order valence-corrected chi connectivity index (χ4v) is 1.22. The van der Waals surface area contributed by atoms with Crippen molar-refractivity contribution in [2.45, 2.75) is 58.2 Å². The number of rotatable bonds is 8. The van der Waals surface area contributed by atoms with Crippen LogP contribution >= 0.6 is 0 Å². The first-order chi connectivity index (χ1) is 5.81. The van der Waals surface area contributed by atoms with E-state index in [2.05, 4.69) is 6.92 Å². The van der Waals surface area contributed by atoms with Crippen LogP contribution in [0, 0.1) is 0 Å². The van der Waals surface area contributed by atoms with E-state index in [0.717, 1.165) is 12.8 Å². The van der Waals surface area contributed by atoms with Crippen LogP contribution in [0.2, 0.25) is 0 Å². The standard InChI is InChI=1S/C10H22O2/c1-3-4-5-6-7-8-9-10(11)12-2/h10-11H,3-9H2,1-2H3. The summed E-state index contributed by atoms with van der Waals surface area (Å²) in [6.45, 7) is 2.22. The Hall–Kier alpha value is -0.0800. The summed E-state index contributed by atoms with van der Waals surface area (Å²) in [6.07, 6.45) is 7.80. The van der Waals surface area contributed by atoms with Gasteiger partial charge in [0.2, 0.25) is 0 Å². The summed E-state index contributed by atoms with van der Waals surface area (Å²) in [5.41, 5.74) is 0. The molecule has 0 saturated heterocycles. The molecule has 0 saturated carbocycles. The van der Waals surface area contributed by atoms with Gasteiger partial charge in [-0.3, -0.25) is 0 Å². The van der Waals surface area contributed by atoms with Crippen molar-refractivity contribution in [2.24, 2.45) is 0 Å². The van der Waals surface area contributed by atoms with E-state index < -0.39 is 6.29 Å². The number of unbranched alkanes of at least 4 members (excludes halogenated alkanes) is 5. The Labute approximate surface area is 75.9 Å². The van der Waals surface area contributed by atoms with Gasteiger partial charge >= 0.3 is 0 Å². The number of aliphatic hydroxyl groups is 1. The normalized spacial score (nSPS) is 13.2. The van der Waals surface area contributed by atoms with E-state index in [4.69, 9.17) is 9.84 Å². The molecule has 74 valence electrons. The molecule has 0 aromatic rings. The van der Waals surface area contributed by atoms with Gasteiger partial charge in [0.1, 0.15) is 0 Å². The molecule has 0 rings (SSSR count). The highest BCUT2D eigenvalue weighted by molar-refractivity contribution is 4.46. The fraction of sp³-hybridized carbons (Fsp3) is 1.00. The third kappa shape index (κ3) is 8.02. The predicted molar refractivity (Wildman–Crippen MR) is 51.0 cm³/mol. The molecule has 0 heterocycles. The van der Waals surface area contributed by atoms with E-state index in [9.17, 15) is 0 Å². The molecule has 1 unspecified atom stereocenters. The SMILES string of the molecule is CCCCCCCCC(O)OC. The lowest BCUT2D eigenvalue weighted by Crippen LogP contribution is -2.07. The average molecular weight is 174 g/mol. The highest BCUT2D eigenvalue weighted by Crippen LogP contribution is 2.08. The second-order valence-electron chi connectivity index (χ2n) is 3.25. The van der Waals surface area contributed by atoms with Crippen molar-refractivity contribution >= 4 is 0 Å². The molecular weight excluding hydrogens is 152 g/mol. The van der Waals surface area contributed by atoms with Crippen molar-refractivity contribution in [3.05, 3.63) is 0 Å². The molecule has 0 aliphatic heterocycles. The van der Waals surface area contributed by atoms with E-state index in [1.54, 1.807) is 7.11 Å². The maximum Gasteiger partial charge on any atom is 0.154 e. The number of hydrogen-bond acceptors (Lipinski definition) is 2. The largest absolute Gasteiger partial charge is 0.368 e. The van der Waals surface area contributed by atoms with Gasteiger partial charge in [-0.1, -0.05) is 39.0 Å². The highest BCUT2D eigenvalue weighted by atomic mass is 16.6. The van der Waals surface area contributed by atoms with Crippen molar-refractivity contribution in [3.63, 3.8) is 0 Å². The van der Waals surface area contributed by atoms with Gasteiger partial charge in [0.05, 0.1) is 0 Å². The predicted octanol–water partition coefficient (Wildman–Crippen LogP) is 2.70. The summed E-state index contributed by atoms with van der Waals surface area (Å²) >= 11 is 0. The lowest BCUT2D eigenvalue weighted by molar-refractivity contribution is -0.0793. The van der Waals surface area contributed by atoms with Crippen LogP contribution in [-0.2, 0) is 4.74 Å². The summed E-state index contributed by atoms with van der Waals surface area (Å²) in [7, 11) is 1.54. The molecule has 0 aromatic carbocycles. The molecule has 1 atom stereocenters. The molecular formula is C10H22O2. The molecule has 0 bridgehead atoms. The molecule has 1 N–H and O–H groups in total. The third-order valence-corrected chi connectivity index (χ3v) is 2.08. The molecule has 2 nitrogen and oxygen atoms in total. The Morgan fingerprint density at radius 1 is 1.08 bits per heavy atom. The van der Waals surface area contributed by atoms with Gasteiger partial charge in [-0.25, -0.2) is 0 Å². The van der Waals surface area contributed by atoms with Crippen LogP contribution in [-0.4, -0.2) is 18.5 Å². The van der Waals surface area contributed by atoms with Crippen molar-refractivity contribution in [2.75, 3.05) is 7.11 Å². The van der Waals surface area contributed by atoms with Crippen LogP contribution < -0.4 is 0 Å². The zero-order chi connectivity index (χ0) is 9.23. The maximum absolute atomic E-state index is 9.04. The minimum Gasteiger partial charge on any atom is -0.368 e. The lowest BCUT2D eigenvalue weighted by Gasteiger charge is -2.06. The lowest BCUT2D eigenvalue weighted by atomic mass is 10.1. The fourth-order valence-electron chi connectivity index (χ4n) is 1.22. The number of methoxy groups -OCH3 is 1. The molecule has 0 aromatic heterocycles. The van der Waals surface area contributed by atoms with Gasteiger partial charge in [0.15, 0.2) is 6.29 Å². The van der Waals surface area contributed by atoms with Crippen LogP contribution in [0.15, 0.2) is 0 Å². The Morgan fingerprint density at radius 2 is 1.67 bits per heavy atom. The summed E-state index contributed by atoms with van der Waals surface area (Å²) in [4.78, 5) is 0. The Kier molecular flexibility index (Phi) is 8.95. The van der Waals surface area contributed by atoms with Crippen LogP contribution in [0.4, 0.5) is 0 Å². The number of hydrogen-bond donors (Lipinski definition) is 1. The van der Waals surface area contributed by atoms with Gasteiger partial charge in [-0.2, -0.15) is 0 Å². The summed E-state index contributed by atoms with van der Waals surface area (Å²) in [5, 5.41) is 9.04. The minimum atomic E-state index is -0.545. The zero-order valence-corrected chi connectivity index (χ0v) is 8.38. The van der Waals surface area contributed by atoms with Gasteiger partial charge in [-0.05, 0) is 12.8 Å². The van der Waals surface area contributed by atoms with Crippen molar-refractivity contribution in [1.82, 2.24) is 0 Å². The van der Waals surface area contributed by atoms with E-state index in [1.165, 1.54) is 32.1 Å². The molecule has 0 aliphatic rings. The van der Waals surface area contributed by atoms with E-state index in [1.807, 2.05) is 0 Å². The first-order valence-corrected chi connectivity index (χ1v) is 5.02. The van der Waals surface area contributed by atoms with Crippen molar-refractivity contribution < 1.29 is 9.84 Å². The highest BCUT2D eigenvalue weighted by Gasteiger charge is 1.99. The van der Waals surface area contributed by atoms with Crippen LogP contribution in [0.1, 0.15) is 51.9 Å². The summed E-state index contributed by atoms with van der Waals surface area (Å²) in [6, 6.07) is 0. The Morgan fingerprint density at radius 3 is 2.25 bits per heavy atom. The van der Waals surface area contributed by atoms with E-state index >= 15 is 0 Å². The van der Waals surface area contributed by atoms with Crippen LogP contribution in [0.3, 0.4) is 0 Å². The molecule has 2 heteroatoms. The van der Waals surface area contributed by atoms with Crippen LogP contribution in [0.5, 0.6) is 0 Å². The van der Waals surface area contributed by atoms with E-state index in [0.29, 0.717) is 0 Å². The van der Waals surface area contributed by atoms with Gasteiger partial charge in [0.25, 0.3) is 0 Å². The molecule has 0 spiro atoms. The molecule has 12 heavy (non-hydrogen) atoms. The van der Waals surface area contributed by atoms with Gasteiger partial charge in [-0.15, -0.1) is 0 Å². The zero-order valence-electron chi connectivity index (χ0n) is 8.38. The summed E-state index contributed by atoms with van der Waals surface area (Å²) in [5.74, 6) is 0.